The molecule has 1 aliphatic carbocycles. The smallest absolute Gasteiger partial charge is 0.224 e. The van der Waals surface area contributed by atoms with Crippen LogP contribution < -0.4 is 16.0 Å². The summed E-state index contributed by atoms with van der Waals surface area (Å²) in [5.74, 6) is 0.383. The van der Waals surface area contributed by atoms with E-state index in [1.165, 1.54) is 0 Å². The zero-order chi connectivity index (χ0) is 10.4. The first kappa shape index (κ1) is 11.5. The van der Waals surface area contributed by atoms with E-state index in [0.717, 1.165) is 32.4 Å². The summed E-state index contributed by atoms with van der Waals surface area (Å²) in [6.07, 6.45) is 3.31. The number of carbonyl (C=O) groups is 1. The number of carbonyl (C=O) groups excluding carboxylic acids is 1. The summed E-state index contributed by atoms with van der Waals surface area (Å²) < 4.78 is 0. The minimum atomic E-state index is 0.178. The first-order valence-electron chi connectivity index (χ1n) is 5.39. The molecule has 0 aliphatic heterocycles. The lowest BCUT2D eigenvalue weighted by atomic mass is 10.0. The number of likely N-dealkylation sites (N-methyl/N-ethyl adjacent to an activating group) is 1. The Labute approximate surface area is 85.8 Å². The maximum Gasteiger partial charge on any atom is 0.224 e. The van der Waals surface area contributed by atoms with Crippen LogP contribution >= 0.6 is 0 Å². The predicted molar refractivity (Wildman–Crippen MR) is 57.1 cm³/mol. The Kier molecular flexibility index (Phi) is 4.90. The van der Waals surface area contributed by atoms with Crippen LogP contribution in [-0.4, -0.2) is 39.1 Å². The van der Waals surface area contributed by atoms with E-state index in [1.54, 1.807) is 0 Å². The van der Waals surface area contributed by atoms with Gasteiger partial charge in [0, 0.05) is 19.1 Å². The highest BCUT2D eigenvalue weighted by Gasteiger charge is 2.31. The highest BCUT2D eigenvalue weighted by atomic mass is 16.1. The molecule has 0 radical (unpaired) electrons. The number of rotatable bonds is 5. The van der Waals surface area contributed by atoms with Crippen molar-refractivity contribution in [2.45, 2.75) is 25.3 Å². The maximum atomic E-state index is 11.7. The molecule has 0 unspecified atom stereocenters. The SMILES string of the molecule is CNCCNC(=O)[C@@H]1CCC[C@@H]1NC. The molecule has 0 spiro atoms. The highest BCUT2D eigenvalue weighted by molar-refractivity contribution is 5.79. The molecule has 0 aromatic rings. The van der Waals surface area contributed by atoms with Crippen LogP contribution in [0.4, 0.5) is 0 Å². The van der Waals surface area contributed by atoms with Crippen molar-refractivity contribution in [3.8, 4) is 0 Å². The van der Waals surface area contributed by atoms with Gasteiger partial charge in [-0.3, -0.25) is 4.79 Å². The minimum Gasteiger partial charge on any atom is -0.355 e. The Morgan fingerprint density at radius 3 is 2.71 bits per heavy atom. The van der Waals surface area contributed by atoms with Gasteiger partial charge < -0.3 is 16.0 Å². The molecule has 0 bridgehead atoms. The second-order valence-corrected chi connectivity index (χ2v) is 3.83. The van der Waals surface area contributed by atoms with Gasteiger partial charge in [-0.05, 0) is 26.9 Å². The minimum absolute atomic E-state index is 0.178. The van der Waals surface area contributed by atoms with Crippen molar-refractivity contribution in [1.29, 1.82) is 0 Å². The quantitative estimate of drug-likeness (QED) is 0.533. The lowest BCUT2D eigenvalue weighted by molar-refractivity contribution is -0.125. The molecule has 1 amide bonds. The number of nitrogens with one attached hydrogen (secondary N) is 3. The third-order valence-corrected chi connectivity index (χ3v) is 2.90. The topological polar surface area (TPSA) is 53.2 Å². The van der Waals surface area contributed by atoms with Gasteiger partial charge in [-0.2, -0.15) is 0 Å². The molecule has 0 saturated heterocycles. The summed E-state index contributed by atoms with van der Waals surface area (Å²) in [5, 5.41) is 9.17. The van der Waals surface area contributed by atoms with E-state index < -0.39 is 0 Å². The fourth-order valence-corrected chi connectivity index (χ4v) is 2.06. The van der Waals surface area contributed by atoms with E-state index in [1.807, 2.05) is 14.1 Å². The fourth-order valence-electron chi connectivity index (χ4n) is 2.06. The van der Waals surface area contributed by atoms with E-state index in [0.29, 0.717) is 6.04 Å². The zero-order valence-corrected chi connectivity index (χ0v) is 9.10. The molecule has 4 heteroatoms. The van der Waals surface area contributed by atoms with Crippen molar-refractivity contribution in [3.05, 3.63) is 0 Å². The molecule has 4 nitrogen and oxygen atoms in total. The highest BCUT2D eigenvalue weighted by Crippen LogP contribution is 2.25. The van der Waals surface area contributed by atoms with Gasteiger partial charge in [0.15, 0.2) is 0 Å². The molecule has 82 valence electrons. The van der Waals surface area contributed by atoms with Gasteiger partial charge in [-0.1, -0.05) is 6.42 Å². The number of hydrogen-bond donors (Lipinski definition) is 3. The Morgan fingerprint density at radius 1 is 1.29 bits per heavy atom. The van der Waals surface area contributed by atoms with Crippen molar-refractivity contribution in [3.63, 3.8) is 0 Å². The summed E-state index contributed by atoms with van der Waals surface area (Å²) >= 11 is 0. The van der Waals surface area contributed by atoms with Gasteiger partial charge >= 0.3 is 0 Å². The van der Waals surface area contributed by atoms with E-state index in [9.17, 15) is 4.79 Å². The van der Waals surface area contributed by atoms with Crippen molar-refractivity contribution in [2.24, 2.45) is 5.92 Å². The molecule has 0 aromatic heterocycles. The van der Waals surface area contributed by atoms with E-state index >= 15 is 0 Å². The van der Waals surface area contributed by atoms with Crippen LogP contribution in [0.1, 0.15) is 19.3 Å². The van der Waals surface area contributed by atoms with Crippen LogP contribution in [0.25, 0.3) is 0 Å². The second kappa shape index (κ2) is 5.98. The molecule has 0 aromatic carbocycles. The monoisotopic (exact) mass is 199 g/mol. The van der Waals surface area contributed by atoms with E-state index in [4.69, 9.17) is 0 Å². The summed E-state index contributed by atoms with van der Waals surface area (Å²) in [7, 11) is 3.82. The normalized spacial score (nSPS) is 26.4. The zero-order valence-electron chi connectivity index (χ0n) is 9.10. The molecular formula is C10H21N3O. The van der Waals surface area contributed by atoms with Gasteiger partial charge in [-0.25, -0.2) is 0 Å². The van der Waals surface area contributed by atoms with Crippen molar-refractivity contribution >= 4 is 5.91 Å². The van der Waals surface area contributed by atoms with Crippen LogP contribution in [0.2, 0.25) is 0 Å². The Balaban J connectivity index is 2.28. The molecule has 14 heavy (non-hydrogen) atoms. The molecule has 1 rings (SSSR count). The van der Waals surface area contributed by atoms with Gasteiger partial charge in [0.05, 0.1) is 5.92 Å². The summed E-state index contributed by atoms with van der Waals surface area (Å²) in [6.45, 7) is 1.56. The number of amides is 1. The molecule has 3 N–H and O–H groups in total. The van der Waals surface area contributed by atoms with Crippen LogP contribution in [0.3, 0.4) is 0 Å². The van der Waals surface area contributed by atoms with Crippen LogP contribution in [0.15, 0.2) is 0 Å². The average molecular weight is 199 g/mol. The summed E-state index contributed by atoms with van der Waals surface area (Å²) in [4.78, 5) is 11.7. The van der Waals surface area contributed by atoms with E-state index in [2.05, 4.69) is 16.0 Å². The molecule has 1 aliphatic rings. The fraction of sp³-hybridized carbons (Fsp3) is 0.900. The van der Waals surface area contributed by atoms with Crippen LogP contribution in [0.5, 0.6) is 0 Å². The number of hydrogen-bond acceptors (Lipinski definition) is 3. The second-order valence-electron chi connectivity index (χ2n) is 3.83. The molecule has 0 heterocycles. The van der Waals surface area contributed by atoms with Crippen molar-refractivity contribution < 1.29 is 4.79 Å². The van der Waals surface area contributed by atoms with Crippen molar-refractivity contribution in [1.82, 2.24) is 16.0 Å². The molecular weight excluding hydrogens is 178 g/mol. The van der Waals surface area contributed by atoms with E-state index in [-0.39, 0.29) is 11.8 Å². The lowest BCUT2D eigenvalue weighted by Crippen LogP contribution is -2.41. The maximum absolute atomic E-state index is 11.7. The Morgan fingerprint density at radius 2 is 2.07 bits per heavy atom. The molecule has 1 saturated carbocycles. The Hall–Kier alpha value is -0.610. The lowest BCUT2D eigenvalue weighted by Gasteiger charge is -2.18. The summed E-state index contributed by atoms with van der Waals surface area (Å²) in [5.41, 5.74) is 0. The van der Waals surface area contributed by atoms with Gasteiger partial charge in [0.25, 0.3) is 0 Å². The standard InChI is InChI=1S/C10H21N3O/c1-11-6-7-13-10(14)8-4-3-5-9(8)12-2/h8-9,11-12H,3-7H2,1-2H3,(H,13,14)/t8-,9+/m1/s1. The largest absolute Gasteiger partial charge is 0.355 e. The third-order valence-electron chi connectivity index (χ3n) is 2.90. The van der Waals surface area contributed by atoms with Crippen molar-refractivity contribution in [2.75, 3.05) is 27.2 Å². The molecule has 2 atom stereocenters. The first-order valence-corrected chi connectivity index (χ1v) is 5.39. The average Bonchev–Trinajstić information content (AvgIpc) is 2.65. The van der Waals surface area contributed by atoms with Crippen LogP contribution in [0, 0.1) is 5.92 Å². The van der Waals surface area contributed by atoms with Gasteiger partial charge in [-0.15, -0.1) is 0 Å². The van der Waals surface area contributed by atoms with Gasteiger partial charge in [0.1, 0.15) is 0 Å². The third kappa shape index (κ3) is 2.96. The van der Waals surface area contributed by atoms with Gasteiger partial charge in [0.2, 0.25) is 5.91 Å². The molecule has 1 fully saturated rings. The first-order chi connectivity index (χ1) is 6.79. The summed E-state index contributed by atoms with van der Waals surface area (Å²) in [6, 6.07) is 0.379. The van der Waals surface area contributed by atoms with Crippen LogP contribution in [-0.2, 0) is 4.79 Å². The Bertz CT molecular complexity index is 184. The predicted octanol–water partition coefficient (Wildman–Crippen LogP) is -0.290.